The Bertz CT molecular complexity index is 1820. The van der Waals surface area contributed by atoms with Crippen LogP contribution < -0.4 is 0 Å². The first-order valence-corrected chi connectivity index (χ1v) is 41.3. The highest BCUT2D eigenvalue weighted by Crippen LogP contribution is 2.45. The molecule has 0 fully saturated rings. The second kappa shape index (κ2) is 64.7. The molecule has 0 radical (unpaired) electrons. The fraction of sp³-hybridized carbons (Fsp3) is 0.946. The van der Waals surface area contributed by atoms with Crippen molar-refractivity contribution in [2.24, 2.45) is 17.8 Å². The normalized spacial score (nSPS) is 14.1. The van der Waals surface area contributed by atoms with Crippen molar-refractivity contribution < 1.29 is 80.2 Å². The maximum atomic E-state index is 13.1. The van der Waals surface area contributed by atoms with Crippen LogP contribution in [0.25, 0.3) is 0 Å². The SMILES string of the molecule is CCCCCCCCCCCCCCCC(=O)OC[C@H](COP(=O)(O)OC[C@@H](O)COP(=O)(O)OC[C@@H](COC(=O)CCCCCCCCCCC(C)C)OC(=O)CCCCCCCCCCC(C)C)OC(=O)CCCCCCCCCCCCCCCCCC(C)C. The number of rotatable bonds is 72. The van der Waals surface area contributed by atoms with E-state index >= 15 is 0 Å². The van der Waals surface area contributed by atoms with Gasteiger partial charge in [-0.05, 0) is 43.4 Å². The van der Waals surface area contributed by atoms with Gasteiger partial charge >= 0.3 is 39.5 Å². The lowest BCUT2D eigenvalue weighted by atomic mass is 10.0. The summed E-state index contributed by atoms with van der Waals surface area (Å²) < 4.78 is 68.4. The summed E-state index contributed by atoms with van der Waals surface area (Å²) in [6.07, 6.45) is 50.0. The topological polar surface area (TPSA) is 237 Å². The van der Waals surface area contributed by atoms with Crippen molar-refractivity contribution in [3.05, 3.63) is 0 Å². The first-order valence-electron chi connectivity index (χ1n) is 38.3. The Labute approximate surface area is 568 Å². The highest BCUT2D eigenvalue weighted by Gasteiger charge is 2.30. The van der Waals surface area contributed by atoms with Gasteiger partial charge in [0.25, 0.3) is 0 Å². The molecule has 93 heavy (non-hydrogen) atoms. The van der Waals surface area contributed by atoms with Crippen LogP contribution in [0.3, 0.4) is 0 Å². The van der Waals surface area contributed by atoms with E-state index in [1.54, 1.807) is 0 Å². The lowest BCUT2D eigenvalue weighted by molar-refractivity contribution is -0.161. The zero-order chi connectivity index (χ0) is 68.7. The molecule has 3 N–H and O–H groups in total. The minimum atomic E-state index is -4.96. The lowest BCUT2D eigenvalue weighted by Crippen LogP contribution is -2.30. The molecule has 17 nitrogen and oxygen atoms in total. The van der Waals surface area contributed by atoms with Crippen molar-refractivity contribution in [3.8, 4) is 0 Å². The molecule has 0 spiro atoms. The number of carbonyl (C=O) groups excluding carboxylic acids is 4. The molecule has 552 valence electrons. The maximum absolute atomic E-state index is 13.1. The fourth-order valence-electron chi connectivity index (χ4n) is 11.2. The Morgan fingerprint density at radius 1 is 0.290 bits per heavy atom. The average Bonchev–Trinajstić information content (AvgIpc) is 2.43. The fourth-order valence-corrected chi connectivity index (χ4v) is 12.8. The van der Waals surface area contributed by atoms with Crippen molar-refractivity contribution in [1.82, 2.24) is 0 Å². The molecule has 0 saturated heterocycles. The number of phosphoric ester groups is 2. The summed E-state index contributed by atoms with van der Waals surface area (Å²) >= 11 is 0. The zero-order valence-corrected chi connectivity index (χ0v) is 62.5. The molecule has 0 aromatic rings. The quantitative estimate of drug-likeness (QED) is 0.0222. The van der Waals surface area contributed by atoms with Gasteiger partial charge in [-0.2, -0.15) is 0 Å². The predicted molar refractivity (Wildman–Crippen MR) is 377 cm³/mol. The number of hydrogen-bond acceptors (Lipinski definition) is 15. The van der Waals surface area contributed by atoms with Crippen LogP contribution in [0.15, 0.2) is 0 Å². The molecule has 5 atom stereocenters. The lowest BCUT2D eigenvalue weighted by Gasteiger charge is -2.21. The van der Waals surface area contributed by atoms with Gasteiger partial charge in [0, 0.05) is 25.7 Å². The highest BCUT2D eigenvalue weighted by atomic mass is 31.2. The minimum Gasteiger partial charge on any atom is -0.462 e. The van der Waals surface area contributed by atoms with Crippen LogP contribution in [0.1, 0.15) is 376 Å². The monoisotopic (exact) mass is 1370 g/mol. The molecular formula is C74H144O17P2. The summed E-state index contributed by atoms with van der Waals surface area (Å²) in [5.41, 5.74) is 0. The van der Waals surface area contributed by atoms with Crippen LogP contribution in [-0.2, 0) is 65.4 Å². The number of hydrogen-bond donors (Lipinski definition) is 3. The molecule has 0 heterocycles. The van der Waals surface area contributed by atoms with Gasteiger partial charge < -0.3 is 33.8 Å². The Morgan fingerprint density at radius 3 is 0.731 bits per heavy atom. The molecule has 0 saturated carbocycles. The number of ether oxygens (including phenoxy) is 4. The second-order valence-electron chi connectivity index (χ2n) is 28.1. The van der Waals surface area contributed by atoms with Crippen LogP contribution in [-0.4, -0.2) is 96.7 Å². The van der Waals surface area contributed by atoms with E-state index in [0.29, 0.717) is 25.7 Å². The number of esters is 4. The Morgan fingerprint density at radius 2 is 0.495 bits per heavy atom. The van der Waals surface area contributed by atoms with E-state index in [2.05, 4.69) is 48.5 Å². The van der Waals surface area contributed by atoms with Gasteiger partial charge in [0.05, 0.1) is 26.4 Å². The van der Waals surface area contributed by atoms with Gasteiger partial charge in [0.1, 0.15) is 19.3 Å². The van der Waals surface area contributed by atoms with Crippen molar-refractivity contribution in [2.45, 2.75) is 394 Å². The van der Waals surface area contributed by atoms with E-state index in [1.165, 1.54) is 186 Å². The van der Waals surface area contributed by atoms with E-state index in [-0.39, 0.29) is 25.7 Å². The van der Waals surface area contributed by atoms with Crippen LogP contribution >= 0.6 is 15.6 Å². The first-order chi connectivity index (χ1) is 44.7. The molecule has 0 amide bonds. The summed E-state index contributed by atoms with van der Waals surface area (Å²) in [6.45, 7) is 11.8. The van der Waals surface area contributed by atoms with Crippen molar-refractivity contribution >= 4 is 39.5 Å². The standard InChI is InChI=1S/C74H144O17P2/c1-8-9-10-11-12-13-14-18-22-25-34-41-48-55-71(76)84-61-69(90-73(78)57-50-43-36-26-23-20-17-15-16-19-21-24-31-38-45-52-65(2)3)63-88-92(80,81)86-59-68(75)60-87-93(82,83)89-64-70(91-74(79)58-51-44-37-30-28-33-40-47-54-67(6)7)62-85-72(77)56-49-42-35-29-27-32-39-46-53-66(4)5/h65-70,75H,8-64H2,1-7H3,(H,80,81)(H,82,83)/t68-,69-,70-/m1/s1. The zero-order valence-electron chi connectivity index (χ0n) is 60.7. The summed E-state index contributed by atoms with van der Waals surface area (Å²) in [5, 5.41) is 10.6. The molecule has 0 aromatic carbocycles. The smallest absolute Gasteiger partial charge is 0.462 e. The summed E-state index contributed by atoms with van der Waals surface area (Å²) in [6, 6.07) is 0. The average molecular weight is 1370 g/mol. The third-order valence-corrected chi connectivity index (χ3v) is 19.0. The molecular weight excluding hydrogens is 1220 g/mol. The second-order valence-corrected chi connectivity index (χ2v) is 31.0. The van der Waals surface area contributed by atoms with Crippen molar-refractivity contribution in [2.75, 3.05) is 39.6 Å². The Kier molecular flexibility index (Phi) is 63.4. The van der Waals surface area contributed by atoms with E-state index < -0.39 is 97.5 Å². The molecule has 2 unspecified atom stereocenters. The van der Waals surface area contributed by atoms with E-state index in [1.807, 2.05) is 0 Å². The molecule has 0 rings (SSSR count). The molecule has 19 heteroatoms. The number of aliphatic hydroxyl groups is 1. The molecule has 0 aliphatic heterocycles. The van der Waals surface area contributed by atoms with Gasteiger partial charge in [-0.1, -0.05) is 325 Å². The van der Waals surface area contributed by atoms with Gasteiger partial charge in [0.15, 0.2) is 12.2 Å². The van der Waals surface area contributed by atoms with Crippen molar-refractivity contribution in [3.63, 3.8) is 0 Å². The number of phosphoric acid groups is 2. The summed E-state index contributed by atoms with van der Waals surface area (Å²) in [5.74, 6) is 0.126. The van der Waals surface area contributed by atoms with Gasteiger partial charge in [-0.25, -0.2) is 9.13 Å². The Balaban J connectivity index is 5.24. The van der Waals surface area contributed by atoms with Gasteiger partial charge in [-0.3, -0.25) is 37.3 Å². The van der Waals surface area contributed by atoms with Crippen LogP contribution in [0.5, 0.6) is 0 Å². The highest BCUT2D eigenvalue weighted by molar-refractivity contribution is 7.47. The van der Waals surface area contributed by atoms with Crippen LogP contribution in [0.4, 0.5) is 0 Å². The largest absolute Gasteiger partial charge is 0.472 e. The minimum absolute atomic E-state index is 0.104. The third kappa shape index (κ3) is 68.4. The van der Waals surface area contributed by atoms with E-state index in [4.69, 9.17) is 37.0 Å². The maximum Gasteiger partial charge on any atom is 0.472 e. The number of aliphatic hydroxyl groups excluding tert-OH is 1. The summed E-state index contributed by atoms with van der Waals surface area (Å²) in [4.78, 5) is 72.7. The third-order valence-electron chi connectivity index (χ3n) is 17.1. The van der Waals surface area contributed by atoms with E-state index in [0.717, 1.165) is 108 Å². The number of unbranched alkanes of at least 4 members (excludes halogenated alkanes) is 40. The number of carbonyl (C=O) groups is 4. The molecule has 0 aliphatic carbocycles. The molecule has 0 aromatic heterocycles. The molecule has 0 bridgehead atoms. The van der Waals surface area contributed by atoms with Crippen LogP contribution in [0, 0.1) is 17.8 Å². The Hall–Kier alpha value is -1.94. The predicted octanol–water partition coefficient (Wildman–Crippen LogP) is 21.4. The van der Waals surface area contributed by atoms with Crippen molar-refractivity contribution in [1.29, 1.82) is 0 Å². The first kappa shape index (κ1) is 91.1. The van der Waals surface area contributed by atoms with Crippen LogP contribution in [0.2, 0.25) is 0 Å². The van der Waals surface area contributed by atoms with E-state index in [9.17, 15) is 43.2 Å². The summed E-state index contributed by atoms with van der Waals surface area (Å²) in [7, 11) is -9.91. The van der Waals surface area contributed by atoms with Gasteiger partial charge in [-0.15, -0.1) is 0 Å². The molecule has 0 aliphatic rings. The van der Waals surface area contributed by atoms with Gasteiger partial charge in [0.2, 0.25) is 0 Å².